The summed E-state index contributed by atoms with van der Waals surface area (Å²) in [6.45, 7) is 9.10. The maximum absolute atomic E-state index is 5.61. The molecule has 1 unspecified atom stereocenters. The van der Waals surface area contributed by atoms with Crippen LogP contribution in [0.15, 0.2) is 12.5 Å². The van der Waals surface area contributed by atoms with Crippen LogP contribution in [0.4, 0.5) is 0 Å². The predicted octanol–water partition coefficient (Wildman–Crippen LogP) is 7.10. The van der Waals surface area contributed by atoms with Gasteiger partial charge in [0.05, 0.1) is 6.61 Å². The molecule has 0 aromatic heterocycles. The third-order valence-electron chi connectivity index (χ3n) is 4.77. The third-order valence-corrected chi connectivity index (χ3v) is 4.77. The van der Waals surface area contributed by atoms with E-state index in [4.69, 9.17) is 15.2 Å². The van der Waals surface area contributed by atoms with Crippen molar-refractivity contribution < 1.29 is 9.47 Å². The molecule has 0 aliphatic heterocycles. The number of unbranched alkanes of at least 4 members (excludes halogenated alkanes) is 15. The van der Waals surface area contributed by atoms with E-state index in [-0.39, 0.29) is 6.04 Å². The summed E-state index contributed by atoms with van der Waals surface area (Å²) in [6.07, 6.45) is 22.1. The first-order chi connectivity index (χ1) is 12.7. The molecule has 0 aromatic rings. The van der Waals surface area contributed by atoms with Gasteiger partial charge in [-0.25, -0.2) is 0 Å². The molecule has 0 aliphatic rings. The van der Waals surface area contributed by atoms with Crippen molar-refractivity contribution >= 4 is 0 Å². The van der Waals surface area contributed by atoms with Crippen LogP contribution in [0.3, 0.4) is 0 Å². The van der Waals surface area contributed by atoms with Crippen molar-refractivity contribution in [2.45, 2.75) is 123 Å². The Morgan fingerprint density at radius 2 is 1.08 bits per heavy atom. The zero-order valence-electron chi connectivity index (χ0n) is 17.9. The van der Waals surface area contributed by atoms with Crippen LogP contribution < -0.4 is 5.73 Å². The van der Waals surface area contributed by atoms with Gasteiger partial charge in [-0.1, -0.05) is 103 Å². The van der Waals surface area contributed by atoms with Crippen molar-refractivity contribution in [2.75, 3.05) is 13.2 Å². The minimum absolute atomic E-state index is 0.0194. The minimum atomic E-state index is 0.0194. The Hall–Kier alpha value is -0.700. The summed E-state index contributed by atoms with van der Waals surface area (Å²) in [4.78, 5) is 0. The molecule has 1 atom stereocenters. The van der Waals surface area contributed by atoms with Gasteiger partial charge in [-0.3, -0.25) is 0 Å². The minimum Gasteiger partial charge on any atom is -0.466 e. The van der Waals surface area contributed by atoms with Gasteiger partial charge in [0, 0.05) is 6.04 Å². The Morgan fingerprint density at radius 1 is 0.692 bits per heavy atom. The Kier molecular flexibility index (Phi) is 20.1. The van der Waals surface area contributed by atoms with Crippen molar-refractivity contribution in [2.24, 2.45) is 5.73 Å². The summed E-state index contributed by atoms with van der Waals surface area (Å²) in [5, 5.41) is 0. The van der Waals surface area contributed by atoms with E-state index < -0.39 is 0 Å². The molecule has 0 amide bonds. The van der Waals surface area contributed by atoms with Crippen LogP contribution in [0.2, 0.25) is 0 Å². The molecule has 156 valence electrons. The molecule has 3 heteroatoms. The second-order valence-corrected chi connectivity index (χ2v) is 7.81. The van der Waals surface area contributed by atoms with Gasteiger partial charge >= 0.3 is 0 Å². The molecule has 0 aliphatic carbocycles. The zero-order valence-corrected chi connectivity index (χ0v) is 17.9. The molecule has 0 fully saturated rings. The molecule has 0 heterocycles. The summed E-state index contributed by atoms with van der Waals surface area (Å²) in [5.41, 5.74) is 5.61. The molecule has 0 saturated carbocycles. The van der Waals surface area contributed by atoms with Gasteiger partial charge in [0.2, 0.25) is 0 Å². The summed E-state index contributed by atoms with van der Waals surface area (Å²) in [7, 11) is 0. The second kappa shape index (κ2) is 20.6. The van der Waals surface area contributed by atoms with E-state index in [2.05, 4.69) is 13.5 Å². The quantitative estimate of drug-likeness (QED) is 0.173. The lowest BCUT2D eigenvalue weighted by Crippen LogP contribution is -2.21. The van der Waals surface area contributed by atoms with Crippen molar-refractivity contribution in [3.63, 3.8) is 0 Å². The number of hydrogen-bond donors (Lipinski definition) is 1. The largest absolute Gasteiger partial charge is 0.466 e. The first kappa shape index (κ1) is 25.3. The second-order valence-electron chi connectivity index (χ2n) is 7.81. The zero-order chi connectivity index (χ0) is 19.3. The van der Waals surface area contributed by atoms with E-state index in [0.717, 1.165) is 6.42 Å². The first-order valence-corrected chi connectivity index (χ1v) is 11.4. The molecule has 0 radical (unpaired) electrons. The fourth-order valence-electron chi connectivity index (χ4n) is 3.10. The lowest BCUT2D eigenvalue weighted by atomic mass is 10.0. The number of nitrogens with two attached hydrogens (primary N) is 1. The van der Waals surface area contributed by atoms with Crippen LogP contribution in [0, 0.1) is 0 Å². The Bertz CT molecular complexity index is 292. The van der Waals surface area contributed by atoms with E-state index in [1.807, 2.05) is 6.92 Å². The molecule has 0 aromatic carbocycles. The van der Waals surface area contributed by atoms with Crippen LogP contribution >= 0.6 is 0 Å². The highest BCUT2D eigenvalue weighted by Crippen LogP contribution is 2.13. The van der Waals surface area contributed by atoms with E-state index in [1.165, 1.54) is 96.3 Å². The van der Waals surface area contributed by atoms with Crippen LogP contribution in [-0.2, 0) is 9.47 Å². The van der Waals surface area contributed by atoms with Gasteiger partial charge in [-0.2, -0.15) is 0 Å². The van der Waals surface area contributed by atoms with Crippen molar-refractivity contribution in [1.29, 1.82) is 0 Å². The van der Waals surface area contributed by atoms with Gasteiger partial charge in [0.25, 0.3) is 5.95 Å². The Morgan fingerprint density at radius 3 is 1.46 bits per heavy atom. The van der Waals surface area contributed by atoms with Gasteiger partial charge in [-0.15, -0.1) is 0 Å². The molecular weight excluding hydrogens is 322 g/mol. The van der Waals surface area contributed by atoms with Crippen molar-refractivity contribution in [1.82, 2.24) is 0 Å². The Labute approximate surface area is 164 Å². The van der Waals surface area contributed by atoms with E-state index in [9.17, 15) is 0 Å². The molecule has 0 saturated heterocycles. The summed E-state index contributed by atoms with van der Waals surface area (Å²) in [5.74, 6) is 0.406. The highest BCUT2D eigenvalue weighted by atomic mass is 16.7. The molecular formula is C23H47NO2. The molecule has 0 spiro atoms. The number of ether oxygens (including phenoxy) is 2. The maximum Gasteiger partial charge on any atom is 0.271 e. The summed E-state index contributed by atoms with van der Waals surface area (Å²) < 4.78 is 10.7. The number of hydrogen-bond acceptors (Lipinski definition) is 3. The molecule has 3 nitrogen and oxygen atoms in total. The fraction of sp³-hybridized carbons (Fsp3) is 0.913. The average Bonchev–Trinajstić information content (AvgIpc) is 2.62. The van der Waals surface area contributed by atoms with Crippen molar-refractivity contribution in [3.8, 4) is 0 Å². The third kappa shape index (κ3) is 21.3. The molecule has 0 bridgehead atoms. The van der Waals surface area contributed by atoms with Crippen LogP contribution in [-0.4, -0.2) is 19.3 Å². The van der Waals surface area contributed by atoms with Gasteiger partial charge in [-0.05, 0) is 19.9 Å². The van der Waals surface area contributed by atoms with E-state index >= 15 is 0 Å². The molecule has 2 N–H and O–H groups in total. The highest BCUT2D eigenvalue weighted by molar-refractivity contribution is 4.69. The summed E-state index contributed by atoms with van der Waals surface area (Å²) >= 11 is 0. The smallest absolute Gasteiger partial charge is 0.271 e. The van der Waals surface area contributed by atoms with Gasteiger partial charge < -0.3 is 15.2 Å². The van der Waals surface area contributed by atoms with E-state index in [1.54, 1.807) is 0 Å². The maximum atomic E-state index is 5.61. The van der Waals surface area contributed by atoms with Gasteiger partial charge in [0.1, 0.15) is 6.61 Å². The van der Waals surface area contributed by atoms with Crippen LogP contribution in [0.25, 0.3) is 0 Å². The monoisotopic (exact) mass is 369 g/mol. The summed E-state index contributed by atoms with van der Waals surface area (Å²) in [6, 6.07) is 0.0194. The van der Waals surface area contributed by atoms with E-state index in [0.29, 0.717) is 19.2 Å². The molecule has 26 heavy (non-hydrogen) atoms. The lowest BCUT2D eigenvalue weighted by molar-refractivity contribution is 0.0316. The predicted molar refractivity (Wildman–Crippen MR) is 114 cm³/mol. The Balaban J connectivity index is 3.08. The normalized spacial score (nSPS) is 12.1. The van der Waals surface area contributed by atoms with Gasteiger partial charge in [0.15, 0.2) is 0 Å². The lowest BCUT2D eigenvalue weighted by Gasteiger charge is -2.12. The average molecular weight is 370 g/mol. The van der Waals surface area contributed by atoms with Crippen LogP contribution in [0.1, 0.15) is 117 Å². The SMILES string of the molecule is C=C(OCCCCCCCCCCCCCCCCCC)OCC(C)N. The van der Waals surface area contributed by atoms with Crippen LogP contribution in [0.5, 0.6) is 0 Å². The number of rotatable bonds is 21. The van der Waals surface area contributed by atoms with Crippen molar-refractivity contribution in [3.05, 3.63) is 12.5 Å². The standard InChI is InChI=1S/C23H47NO2/c1-4-5-6-7-8-9-10-11-12-13-14-15-16-17-18-19-20-25-23(3)26-21-22(2)24/h22H,3-21,24H2,1-2H3. The topological polar surface area (TPSA) is 44.5 Å². The fourth-order valence-corrected chi connectivity index (χ4v) is 3.10. The molecule has 0 rings (SSSR count). The highest BCUT2D eigenvalue weighted by Gasteiger charge is 1.99. The first-order valence-electron chi connectivity index (χ1n) is 11.4.